The predicted octanol–water partition coefficient (Wildman–Crippen LogP) is 5.35. The molecule has 2 bridgehead atoms. The van der Waals surface area contributed by atoms with E-state index in [9.17, 15) is 22.8 Å². The van der Waals surface area contributed by atoms with Crippen LogP contribution < -0.4 is 14.8 Å². The Morgan fingerprint density at radius 2 is 1.59 bits per heavy atom. The van der Waals surface area contributed by atoms with Crippen LogP contribution in [0.25, 0.3) is 0 Å². The van der Waals surface area contributed by atoms with E-state index in [1.165, 1.54) is 7.11 Å². The fourth-order valence-electron chi connectivity index (χ4n) is 5.17. The van der Waals surface area contributed by atoms with Crippen LogP contribution in [0.3, 0.4) is 0 Å². The quantitative estimate of drug-likeness (QED) is 0.523. The third-order valence-electron chi connectivity index (χ3n) is 7.68. The number of fused-ring (bicyclic) bond motifs is 3. The molecule has 182 valence electrons. The Hall–Kier alpha value is -3.03. The van der Waals surface area contributed by atoms with Crippen LogP contribution in [0.1, 0.15) is 61.4 Å². The van der Waals surface area contributed by atoms with Crippen LogP contribution in [-0.4, -0.2) is 25.3 Å². The van der Waals surface area contributed by atoms with Gasteiger partial charge in [0.15, 0.2) is 17.4 Å². The summed E-state index contributed by atoms with van der Waals surface area (Å²) in [5.41, 5.74) is -0.504. The molecule has 3 saturated carbocycles. The zero-order valence-electron chi connectivity index (χ0n) is 19.3. The van der Waals surface area contributed by atoms with Crippen molar-refractivity contribution in [1.29, 1.82) is 0 Å². The molecule has 2 aromatic rings. The van der Waals surface area contributed by atoms with Crippen molar-refractivity contribution in [3.63, 3.8) is 0 Å². The minimum absolute atomic E-state index is 0.165. The van der Waals surface area contributed by atoms with Crippen LogP contribution in [0.5, 0.6) is 11.5 Å². The second kappa shape index (κ2) is 9.31. The number of Topliss-reactive ketones (excluding diaryl/α,β-unsaturated/α-hetero) is 1. The fraction of sp³-hybridized carbons (Fsp3) is 0.462. The molecule has 0 spiro atoms. The van der Waals surface area contributed by atoms with E-state index < -0.39 is 34.7 Å². The molecule has 3 aliphatic rings. The summed E-state index contributed by atoms with van der Waals surface area (Å²) in [5, 5.41) is 2.66. The average molecular weight is 476 g/mol. The van der Waals surface area contributed by atoms with Gasteiger partial charge in [-0.3, -0.25) is 9.59 Å². The minimum Gasteiger partial charge on any atom is -0.497 e. The molecule has 8 heteroatoms. The van der Waals surface area contributed by atoms with E-state index in [0.29, 0.717) is 17.4 Å². The zero-order chi connectivity index (χ0) is 24.5. The highest BCUT2D eigenvalue weighted by Gasteiger charge is 2.50. The number of hydrogen-bond donors (Lipinski definition) is 1. The number of amides is 1. The standard InChI is InChI=1S/C26H28F3NO4/c1-16(31)26-10-7-25(8-11-26,9-12-26)15-30-24(32)19-13-20(27)23(22(29)21(19)28)34-14-17-3-5-18(33-2)6-4-17/h3-6,13H,7-12,14-15H2,1-2H3,(H,30,32). The highest BCUT2D eigenvalue weighted by molar-refractivity contribution is 5.94. The number of hydrogen-bond acceptors (Lipinski definition) is 4. The van der Waals surface area contributed by atoms with Gasteiger partial charge in [0.25, 0.3) is 5.91 Å². The normalized spacial score (nSPS) is 23.4. The summed E-state index contributed by atoms with van der Waals surface area (Å²) in [5.74, 6) is -5.07. The Labute approximate surface area is 196 Å². The summed E-state index contributed by atoms with van der Waals surface area (Å²) >= 11 is 0. The molecular weight excluding hydrogens is 447 g/mol. The summed E-state index contributed by atoms with van der Waals surface area (Å²) in [7, 11) is 1.51. The van der Waals surface area contributed by atoms with Crippen molar-refractivity contribution < 1.29 is 32.2 Å². The summed E-state index contributed by atoms with van der Waals surface area (Å²) in [6.45, 7) is 1.72. The molecule has 1 amide bonds. The molecule has 0 atom stereocenters. The lowest BCUT2D eigenvalue weighted by atomic mass is 9.52. The summed E-state index contributed by atoms with van der Waals surface area (Å²) in [6.07, 6.45) is 4.69. The summed E-state index contributed by atoms with van der Waals surface area (Å²) in [6, 6.07) is 7.30. The van der Waals surface area contributed by atoms with Crippen molar-refractivity contribution in [3.8, 4) is 11.5 Å². The van der Waals surface area contributed by atoms with Crippen LogP contribution in [0, 0.1) is 28.3 Å². The lowest BCUT2D eigenvalue weighted by Crippen LogP contribution is -2.49. The third-order valence-corrected chi connectivity index (χ3v) is 7.68. The van der Waals surface area contributed by atoms with E-state index in [-0.39, 0.29) is 29.8 Å². The van der Waals surface area contributed by atoms with Gasteiger partial charge in [-0.15, -0.1) is 0 Å². The predicted molar refractivity (Wildman–Crippen MR) is 119 cm³/mol. The highest BCUT2D eigenvalue weighted by Crippen LogP contribution is 2.56. The van der Waals surface area contributed by atoms with Crippen molar-refractivity contribution >= 4 is 11.7 Å². The van der Waals surface area contributed by atoms with Gasteiger partial charge >= 0.3 is 0 Å². The number of ketones is 1. The summed E-state index contributed by atoms with van der Waals surface area (Å²) in [4.78, 5) is 24.6. The Balaban J connectivity index is 1.41. The maximum atomic E-state index is 14.7. The molecule has 0 aliphatic heterocycles. The molecule has 5 nitrogen and oxygen atoms in total. The smallest absolute Gasteiger partial charge is 0.254 e. The zero-order valence-corrected chi connectivity index (χ0v) is 19.3. The van der Waals surface area contributed by atoms with Gasteiger partial charge in [-0.2, -0.15) is 4.39 Å². The number of halogens is 3. The Bertz CT molecular complexity index is 1080. The monoisotopic (exact) mass is 475 g/mol. The van der Waals surface area contributed by atoms with Gasteiger partial charge in [-0.1, -0.05) is 12.1 Å². The first-order valence-electron chi connectivity index (χ1n) is 11.4. The van der Waals surface area contributed by atoms with E-state index in [1.54, 1.807) is 31.2 Å². The van der Waals surface area contributed by atoms with Gasteiger partial charge in [0.05, 0.1) is 12.7 Å². The van der Waals surface area contributed by atoms with E-state index in [0.717, 1.165) is 38.5 Å². The molecular formula is C26H28F3NO4. The van der Waals surface area contributed by atoms with Gasteiger partial charge in [-0.05, 0) is 74.6 Å². The lowest BCUT2D eigenvalue weighted by molar-refractivity contribution is -0.135. The van der Waals surface area contributed by atoms with Crippen molar-refractivity contribution in [3.05, 3.63) is 58.9 Å². The number of ether oxygens (including phenoxy) is 2. The lowest BCUT2D eigenvalue weighted by Gasteiger charge is -2.52. The molecule has 0 unspecified atom stereocenters. The second-order valence-corrected chi connectivity index (χ2v) is 9.52. The molecule has 1 N–H and O–H groups in total. The molecule has 2 aromatic carbocycles. The highest BCUT2D eigenvalue weighted by atomic mass is 19.2. The molecule has 0 heterocycles. The minimum atomic E-state index is -1.54. The number of carbonyl (C=O) groups is 2. The molecule has 0 radical (unpaired) electrons. The molecule has 0 aromatic heterocycles. The average Bonchev–Trinajstić information content (AvgIpc) is 2.86. The Morgan fingerprint density at radius 1 is 0.971 bits per heavy atom. The Kier molecular flexibility index (Phi) is 6.60. The molecule has 0 saturated heterocycles. The summed E-state index contributed by atoms with van der Waals surface area (Å²) < 4.78 is 54.1. The van der Waals surface area contributed by atoms with E-state index >= 15 is 0 Å². The molecule has 5 rings (SSSR count). The van der Waals surface area contributed by atoms with Gasteiger partial charge in [0.2, 0.25) is 5.82 Å². The van der Waals surface area contributed by atoms with Crippen LogP contribution in [0.4, 0.5) is 13.2 Å². The van der Waals surface area contributed by atoms with Crippen LogP contribution >= 0.6 is 0 Å². The number of rotatable bonds is 8. The first kappa shape index (κ1) is 24.1. The van der Waals surface area contributed by atoms with Gasteiger partial charge in [0.1, 0.15) is 18.1 Å². The second-order valence-electron chi connectivity index (χ2n) is 9.52. The van der Waals surface area contributed by atoms with Crippen LogP contribution in [0.15, 0.2) is 30.3 Å². The third kappa shape index (κ3) is 4.50. The maximum absolute atomic E-state index is 14.7. The first-order valence-corrected chi connectivity index (χ1v) is 11.4. The van der Waals surface area contributed by atoms with Crippen molar-refractivity contribution in [1.82, 2.24) is 5.32 Å². The SMILES string of the molecule is COc1ccc(COc2c(F)cc(C(=O)NCC34CCC(C(C)=O)(CC3)CC4)c(F)c2F)cc1. The number of benzene rings is 2. The van der Waals surface area contributed by atoms with Crippen molar-refractivity contribution in [2.45, 2.75) is 52.1 Å². The molecule has 3 aliphatic carbocycles. The molecule has 3 fully saturated rings. The largest absolute Gasteiger partial charge is 0.497 e. The van der Waals surface area contributed by atoms with E-state index in [2.05, 4.69) is 5.32 Å². The Morgan fingerprint density at radius 3 is 2.15 bits per heavy atom. The van der Waals surface area contributed by atoms with E-state index in [1.807, 2.05) is 0 Å². The van der Waals surface area contributed by atoms with Crippen LogP contribution in [0.2, 0.25) is 0 Å². The number of carbonyl (C=O) groups excluding carboxylic acids is 2. The van der Waals surface area contributed by atoms with Crippen LogP contribution in [-0.2, 0) is 11.4 Å². The topological polar surface area (TPSA) is 64.6 Å². The maximum Gasteiger partial charge on any atom is 0.254 e. The number of methoxy groups -OCH3 is 1. The van der Waals surface area contributed by atoms with Crippen molar-refractivity contribution in [2.24, 2.45) is 10.8 Å². The first-order chi connectivity index (χ1) is 16.2. The number of nitrogens with one attached hydrogen (secondary N) is 1. The van der Waals surface area contributed by atoms with E-state index in [4.69, 9.17) is 9.47 Å². The molecule has 34 heavy (non-hydrogen) atoms. The fourth-order valence-corrected chi connectivity index (χ4v) is 5.17. The van der Waals surface area contributed by atoms with Gasteiger partial charge in [-0.25, -0.2) is 8.78 Å². The van der Waals surface area contributed by atoms with Crippen molar-refractivity contribution in [2.75, 3.05) is 13.7 Å². The van der Waals surface area contributed by atoms with Gasteiger partial charge < -0.3 is 14.8 Å². The van der Waals surface area contributed by atoms with Gasteiger partial charge in [0, 0.05) is 12.0 Å².